The van der Waals surface area contributed by atoms with Crippen LogP contribution in [0.3, 0.4) is 0 Å². The molecule has 0 unspecified atom stereocenters. The third-order valence-electron chi connectivity index (χ3n) is 3.02. The van der Waals surface area contributed by atoms with Crippen LogP contribution in [0.1, 0.15) is 16.8 Å². The van der Waals surface area contributed by atoms with Crippen LogP contribution >= 0.6 is 0 Å². The third kappa shape index (κ3) is 1.62. The number of oxime groups is 1. The van der Waals surface area contributed by atoms with Crippen LogP contribution in [-0.2, 0) is 4.84 Å². The van der Waals surface area contributed by atoms with E-state index in [1.807, 2.05) is 18.3 Å². The molecule has 92 valence electrons. The number of hydrogen-bond donors (Lipinski definition) is 1. The second-order valence-corrected chi connectivity index (χ2v) is 4.35. The van der Waals surface area contributed by atoms with Crippen molar-refractivity contribution in [3.05, 3.63) is 53.3 Å². The van der Waals surface area contributed by atoms with Crippen molar-refractivity contribution >= 4 is 5.71 Å². The van der Waals surface area contributed by atoms with Crippen LogP contribution in [0.4, 0.5) is 0 Å². The van der Waals surface area contributed by atoms with Gasteiger partial charge in [-0.25, -0.2) is 0 Å². The number of nitrogens with two attached hydrogens (primary N) is 1. The van der Waals surface area contributed by atoms with Crippen LogP contribution < -0.4 is 5.73 Å². The maximum Gasteiger partial charge on any atom is 0.136 e. The molecule has 0 bridgehead atoms. The molecular formula is C14H15N3O. The smallest absolute Gasteiger partial charge is 0.136 e. The van der Waals surface area contributed by atoms with Crippen LogP contribution in [0.15, 0.2) is 41.7 Å². The quantitative estimate of drug-likeness (QED) is 0.562. The van der Waals surface area contributed by atoms with Gasteiger partial charge in [-0.2, -0.15) is 0 Å². The largest absolute Gasteiger partial charge is 0.394 e. The van der Waals surface area contributed by atoms with E-state index in [1.165, 1.54) is 5.56 Å². The number of rotatable bonds is 3. The molecule has 18 heavy (non-hydrogen) atoms. The fourth-order valence-corrected chi connectivity index (χ4v) is 2.23. The molecule has 0 radical (unpaired) electrons. The predicted octanol–water partition coefficient (Wildman–Crippen LogP) is 1.83. The molecule has 1 aromatic heterocycles. The highest BCUT2D eigenvalue weighted by Crippen LogP contribution is 2.29. The Hall–Kier alpha value is -2.07. The summed E-state index contributed by atoms with van der Waals surface area (Å²) >= 11 is 0. The van der Waals surface area contributed by atoms with E-state index in [1.54, 1.807) is 0 Å². The summed E-state index contributed by atoms with van der Waals surface area (Å²) in [6.07, 6.45) is 2.04. The van der Waals surface area contributed by atoms with Crippen molar-refractivity contribution in [3.8, 4) is 5.69 Å². The molecule has 4 nitrogen and oxygen atoms in total. The van der Waals surface area contributed by atoms with Gasteiger partial charge >= 0.3 is 0 Å². The molecule has 0 spiro atoms. The van der Waals surface area contributed by atoms with E-state index < -0.39 is 0 Å². The molecule has 4 heteroatoms. The summed E-state index contributed by atoms with van der Waals surface area (Å²) in [6, 6.07) is 10.4. The predicted molar refractivity (Wildman–Crippen MR) is 71.2 cm³/mol. The SMILES string of the molecule is Cc1ccc2c(c1)/C(=N/OCCN)c1cccn1-2. The van der Waals surface area contributed by atoms with Gasteiger partial charge in [-0.15, -0.1) is 0 Å². The highest BCUT2D eigenvalue weighted by Gasteiger charge is 2.24. The van der Waals surface area contributed by atoms with Crippen LogP contribution in [-0.4, -0.2) is 23.4 Å². The molecule has 0 aliphatic carbocycles. The minimum absolute atomic E-state index is 0.436. The molecule has 1 aliphatic rings. The summed E-state index contributed by atoms with van der Waals surface area (Å²) < 4.78 is 2.12. The first-order chi connectivity index (χ1) is 8.81. The first-order valence-electron chi connectivity index (χ1n) is 6.00. The van der Waals surface area contributed by atoms with Crippen molar-refractivity contribution in [1.29, 1.82) is 0 Å². The van der Waals surface area contributed by atoms with E-state index in [9.17, 15) is 0 Å². The molecule has 0 fully saturated rings. The number of benzene rings is 1. The van der Waals surface area contributed by atoms with Crippen molar-refractivity contribution in [1.82, 2.24) is 4.57 Å². The average Bonchev–Trinajstić information content (AvgIpc) is 2.92. The Morgan fingerprint density at radius 1 is 1.33 bits per heavy atom. The van der Waals surface area contributed by atoms with Gasteiger partial charge in [-0.05, 0) is 31.2 Å². The lowest BCUT2D eigenvalue weighted by Crippen LogP contribution is -2.07. The topological polar surface area (TPSA) is 52.5 Å². The van der Waals surface area contributed by atoms with Crippen molar-refractivity contribution in [2.75, 3.05) is 13.2 Å². The van der Waals surface area contributed by atoms with E-state index in [4.69, 9.17) is 10.6 Å². The number of hydrogen-bond acceptors (Lipinski definition) is 3. The molecule has 2 aromatic rings. The highest BCUT2D eigenvalue weighted by molar-refractivity contribution is 6.17. The molecule has 0 saturated carbocycles. The van der Waals surface area contributed by atoms with Crippen molar-refractivity contribution in [2.45, 2.75) is 6.92 Å². The Bertz CT molecular complexity index is 613. The van der Waals surface area contributed by atoms with Gasteiger partial charge in [-0.3, -0.25) is 0 Å². The second kappa shape index (κ2) is 4.31. The molecule has 0 saturated heterocycles. The molecule has 0 atom stereocenters. The lowest BCUT2D eigenvalue weighted by atomic mass is 10.1. The fourth-order valence-electron chi connectivity index (χ4n) is 2.23. The zero-order valence-electron chi connectivity index (χ0n) is 10.3. The Labute approximate surface area is 106 Å². The number of aromatic nitrogens is 1. The van der Waals surface area contributed by atoms with Crippen LogP contribution in [0.25, 0.3) is 5.69 Å². The Morgan fingerprint density at radius 2 is 2.22 bits per heavy atom. The van der Waals surface area contributed by atoms with Gasteiger partial charge < -0.3 is 15.1 Å². The van der Waals surface area contributed by atoms with Crippen LogP contribution in [0.5, 0.6) is 0 Å². The molecule has 3 rings (SSSR count). The summed E-state index contributed by atoms with van der Waals surface area (Å²) in [5, 5.41) is 4.22. The number of fused-ring (bicyclic) bond motifs is 3. The van der Waals surface area contributed by atoms with Gasteiger partial charge in [0.05, 0.1) is 11.4 Å². The molecule has 1 aromatic carbocycles. The van der Waals surface area contributed by atoms with Gasteiger partial charge in [0.1, 0.15) is 12.3 Å². The van der Waals surface area contributed by atoms with Gasteiger partial charge in [0, 0.05) is 18.3 Å². The number of nitrogens with zero attached hydrogens (tertiary/aromatic N) is 2. The molecule has 2 heterocycles. The Morgan fingerprint density at radius 3 is 3.06 bits per heavy atom. The van der Waals surface area contributed by atoms with E-state index in [0.717, 1.165) is 22.7 Å². The first-order valence-corrected chi connectivity index (χ1v) is 6.00. The maximum atomic E-state index is 5.41. The van der Waals surface area contributed by atoms with E-state index in [2.05, 4.69) is 34.8 Å². The van der Waals surface area contributed by atoms with Crippen LogP contribution in [0.2, 0.25) is 0 Å². The van der Waals surface area contributed by atoms with Gasteiger partial charge in [0.15, 0.2) is 0 Å². The van der Waals surface area contributed by atoms with Crippen molar-refractivity contribution in [2.24, 2.45) is 10.9 Å². The standard InChI is InChI=1S/C14H15N3O/c1-10-4-5-12-11(9-10)14(16-18-8-6-15)13-3-2-7-17(12)13/h2-5,7,9H,6,8,15H2,1H3/b16-14-. The van der Waals surface area contributed by atoms with Crippen molar-refractivity contribution < 1.29 is 4.84 Å². The molecule has 1 aliphatic heterocycles. The summed E-state index contributed by atoms with van der Waals surface area (Å²) in [4.78, 5) is 5.24. The Balaban J connectivity index is 2.10. The molecule has 0 amide bonds. The normalized spacial score (nSPS) is 14.7. The van der Waals surface area contributed by atoms with E-state index >= 15 is 0 Å². The average molecular weight is 241 g/mol. The van der Waals surface area contributed by atoms with E-state index in [-0.39, 0.29) is 0 Å². The minimum Gasteiger partial charge on any atom is -0.394 e. The summed E-state index contributed by atoms with van der Waals surface area (Å²) in [5.41, 5.74) is 10.8. The molecular weight excluding hydrogens is 226 g/mol. The van der Waals surface area contributed by atoms with Gasteiger partial charge in [0.25, 0.3) is 0 Å². The van der Waals surface area contributed by atoms with Crippen molar-refractivity contribution in [3.63, 3.8) is 0 Å². The summed E-state index contributed by atoms with van der Waals surface area (Å²) in [7, 11) is 0. The van der Waals surface area contributed by atoms with Gasteiger partial charge in [-0.1, -0.05) is 16.8 Å². The van der Waals surface area contributed by atoms with E-state index in [0.29, 0.717) is 13.2 Å². The fraction of sp³-hybridized carbons (Fsp3) is 0.214. The lowest BCUT2D eigenvalue weighted by molar-refractivity contribution is 0.152. The highest BCUT2D eigenvalue weighted by atomic mass is 16.6. The summed E-state index contributed by atoms with van der Waals surface area (Å²) in [5.74, 6) is 0. The van der Waals surface area contributed by atoms with Gasteiger partial charge in [0.2, 0.25) is 0 Å². The van der Waals surface area contributed by atoms with Crippen LogP contribution in [0, 0.1) is 6.92 Å². The molecule has 2 N–H and O–H groups in total. The second-order valence-electron chi connectivity index (χ2n) is 4.35. The monoisotopic (exact) mass is 241 g/mol. The lowest BCUT2D eigenvalue weighted by Gasteiger charge is -2.02. The minimum atomic E-state index is 0.436. The first kappa shape index (κ1) is 11.0. The maximum absolute atomic E-state index is 5.41. The summed E-state index contributed by atoms with van der Waals surface area (Å²) in [6.45, 7) is 2.98. The zero-order valence-corrected chi connectivity index (χ0v) is 10.3. The zero-order chi connectivity index (χ0) is 12.5. The third-order valence-corrected chi connectivity index (χ3v) is 3.02. The Kier molecular flexibility index (Phi) is 2.64. The number of aryl methyl sites for hydroxylation is 1.